The van der Waals surface area contributed by atoms with Crippen LogP contribution in [0.25, 0.3) is 0 Å². The van der Waals surface area contributed by atoms with Gasteiger partial charge in [-0.3, -0.25) is 4.79 Å². The van der Waals surface area contributed by atoms with Crippen LogP contribution < -0.4 is 10.1 Å². The van der Waals surface area contributed by atoms with Crippen molar-refractivity contribution in [2.45, 2.75) is 50.8 Å². The van der Waals surface area contributed by atoms with Gasteiger partial charge in [0, 0.05) is 17.1 Å². The lowest BCUT2D eigenvalue weighted by molar-refractivity contribution is -0.122. The Hall–Kier alpha value is -1.95. The Morgan fingerprint density at radius 2 is 2.00 bits per heavy atom. The monoisotopic (exact) mass is 345 g/mol. The number of para-hydroxylation sites is 1. The molecule has 0 aliphatic carbocycles. The SMILES string of the molecule is CC(Oc1ccccc1)C(=O)Nc1c2c(nn1C(C)(C)C)CSC2. The Morgan fingerprint density at radius 1 is 1.29 bits per heavy atom. The van der Waals surface area contributed by atoms with Crippen molar-refractivity contribution in [1.82, 2.24) is 9.78 Å². The van der Waals surface area contributed by atoms with Gasteiger partial charge < -0.3 is 10.1 Å². The second kappa shape index (κ2) is 6.51. The first-order valence-corrected chi connectivity index (χ1v) is 9.23. The van der Waals surface area contributed by atoms with E-state index in [0.717, 1.165) is 28.6 Å². The van der Waals surface area contributed by atoms with Crippen molar-refractivity contribution in [1.29, 1.82) is 0 Å². The highest BCUT2D eigenvalue weighted by Gasteiger charge is 2.29. The zero-order chi connectivity index (χ0) is 17.3. The predicted octanol–water partition coefficient (Wildman–Crippen LogP) is 3.79. The number of hydrogen-bond donors (Lipinski definition) is 1. The number of nitrogens with one attached hydrogen (secondary N) is 1. The fraction of sp³-hybridized carbons (Fsp3) is 0.444. The molecule has 1 aliphatic heterocycles. The summed E-state index contributed by atoms with van der Waals surface area (Å²) in [5.41, 5.74) is 2.01. The Labute approximate surface area is 146 Å². The molecule has 1 atom stereocenters. The van der Waals surface area contributed by atoms with E-state index in [4.69, 9.17) is 9.84 Å². The number of carbonyl (C=O) groups excluding carboxylic acids is 1. The lowest BCUT2D eigenvalue weighted by Crippen LogP contribution is -2.33. The molecule has 3 rings (SSSR count). The maximum atomic E-state index is 12.6. The first-order chi connectivity index (χ1) is 11.4. The average Bonchev–Trinajstić information content (AvgIpc) is 3.10. The highest BCUT2D eigenvalue weighted by atomic mass is 32.2. The smallest absolute Gasteiger partial charge is 0.266 e. The third kappa shape index (κ3) is 3.43. The zero-order valence-corrected chi connectivity index (χ0v) is 15.3. The molecule has 2 heterocycles. The van der Waals surface area contributed by atoms with Gasteiger partial charge in [0.2, 0.25) is 0 Å². The van der Waals surface area contributed by atoms with Crippen LogP contribution in [0.3, 0.4) is 0 Å². The highest BCUT2D eigenvalue weighted by Crippen LogP contribution is 2.37. The van der Waals surface area contributed by atoms with Crippen LogP contribution in [0.4, 0.5) is 5.82 Å². The number of ether oxygens (including phenoxy) is 1. The number of fused-ring (bicyclic) bond motifs is 1. The van der Waals surface area contributed by atoms with Gasteiger partial charge in [-0.15, -0.1) is 0 Å². The van der Waals surface area contributed by atoms with E-state index >= 15 is 0 Å². The molecule has 6 heteroatoms. The topological polar surface area (TPSA) is 56.1 Å². The van der Waals surface area contributed by atoms with Crippen molar-refractivity contribution < 1.29 is 9.53 Å². The van der Waals surface area contributed by atoms with Gasteiger partial charge in [-0.05, 0) is 39.8 Å². The minimum absolute atomic E-state index is 0.163. The lowest BCUT2D eigenvalue weighted by atomic mass is 10.1. The third-order valence-corrected chi connectivity index (χ3v) is 4.82. The van der Waals surface area contributed by atoms with Crippen LogP contribution in [0.1, 0.15) is 39.0 Å². The molecular formula is C18H23N3O2S. The molecule has 0 saturated heterocycles. The van der Waals surface area contributed by atoms with Crippen LogP contribution in [0.15, 0.2) is 30.3 Å². The first-order valence-electron chi connectivity index (χ1n) is 8.08. The van der Waals surface area contributed by atoms with Crippen molar-refractivity contribution in [3.05, 3.63) is 41.6 Å². The summed E-state index contributed by atoms with van der Waals surface area (Å²) in [4.78, 5) is 12.6. The van der Waals surface area contributed by atoms with E-state index in [2.05, 4.69) is 26.1 Å². The maximum Gasteiger partial charge on any atom is 0.266 e. The first kappa shape index (κ1) is 16.9. The van der Waals surface area contributed by atoms with Gasteiger partial charge in [0.1, 0.15) is 11.6 Å². The minimum Gasteiger partial charge on any atom is -0.481 e. The average molecular weight is 345 g/mol. The molecule has 1 unspecified atom stereocenters. The molecule has 0 saturated carbocycles. The van der Waals surface area contributed by atoms with Gasteiger partial charge in [0.05, 0.1) is 11.2 Å². The highest BCUT2D eigenvalue weighted by molar-refractivity contribution is 7.98. The van der Waals surface area contributed by atoms with E-state index in [-0.39, 0.29) is 11.4 Å². The van der Waals surface area contributed by atoms with Crippen molar-refractivity contribution in [2.24, 2.45) is 0 Å². The Bertz CT molecular complexity index is 735. The van der Waals surface area contributed by atoms with Crippen LogP contribution in [0.2, 0.25) is 0 Å². The quantitative estimate of drug-likeness (QED) is 0.916. The normalized spacial score (nSPS) is 15.0. The number of rotatable bonds is 4. The number of thioether (sulfide) groups is 1. The third-order valence-electron chi connectivity index (χ3n) is 3.85. The maximum absolute atomic E-state index is 12.6. The minimum atomic E-state index is -0.583. The van der Waals surface area contributed by atoms with Gasteiger partial charge in [0.25, 0.3) is 5.91 Å². The molecule has 0 bridgehead atoms. The van der Waals surface area contributed by atoms with E-state index in [1.54, 1.807) is 6.92 Å². The number of carbonyl (C=O) groups is 1. The summed E-state index contributed by atoms with van der Waals surface area (Å²) in [7, 11) is 0. The van der Waals surface area contributed by atoms with Crippen molar-refractivity contribution in [3.63, 3.8) is 0 Å². The van der Waals surface area contributed by atoms with Gasteiger partial charge in [-0.2, -0.15) is 16.9 Å². The second-order valence-electron chi connectivity index (χ2n) is 6.91. The zero-order valence-electron chi connectivity index (χ0n) is 14.5. The van der Waals surface area contributed by atoms with E-state index < -0.39 is 6.10 Å². The van der Waals surface area contributed by atoms with Gasteiger partial charge in [-0.1, -0.05) is 18.2 Å². The van der Waals surface area contributed by atoms with Crippen molar-refractivity contribution in [2.75, 3.05) is 5.32 Å². The van der Waals surface area contributed by atoms with Crippen molar-refractivity contribution in [3.8, 4) is 5.75 Å². The molecule has 1 N–H and O–H groups in total. The predicted molar refractivity (Wildman–Crippen MR) is 97.4 cm³/mol. The van der Waals surface area contributed by atoms with E-state index in [1.807, 2.05) is 46.8 Å². The number of anilines is 1. The number of amides is 1. The molecule has 2 aromatic rings. The summed E-state index contributed by atoms with van der Waals surface area (Å²) in [5, 5.41) is 7.74. The molecule has 0 spiro atoms. The number of nitrogens with zero attached hydrogens (tertiary/aromatic N) is 2. The van der Waals surface area contributed by atoms with Crippen LogP contribution in [-0.4, -0.2) is 21.8 Å². The summed E-state index contributed by atoms with van der Waals surface area (Å²) < 4.78 is 7.64. The lowest BCUT2D eigenvalue weighted by Gasteiger charge is -2.24. The summed E-state index contributed by atoms with van der Waals surface area (Å²) in [6.45, 7) is 8.01. The molecular weight excluding hydrogens is 322 g/mol. The summed E-state index contributed by atoms with van der Waals surface area (Å²) in [5.74, 6) is 3.11. The number of benzene rings is 1. The van der Waals surface area contributed by atoms with Crippen LogP contribution in [0, 0.1) is 0 Å². The summed E-state index contributed by atoms with van der Waals surface area (Å²) in [6.07, 6.45) is -0.583. The summed E-state index contributed by atoms with van der Waals surface area (Å²) in [6, 6.07) is 9.38. The Kier molecular flexibility index (Phi) is 4.58. The molecule has 0 radical (unpaired) electrons. The number of aromatic nitrogens is 2. The van der Waals surface area contributed by atoms with Crippen LogP contribution in [-0.2, 0) is 21.8 Å². The molecule has 128 valence electrons. The van der Waals surface area contributed by atoms with Crippen LogP contribution in [0.5, 0.6) is 5.75 Å². The largest absolute Gasteiger partial charge is 0.481 e. The molecule has 0 fully saturated rings. The van der Waals surface area contributed by atoms with Gasteiger partial charge >= 0.3 is 0 Å². The van der Waals surface area contributed by atoms with E-state index in [1.165, 1.54) is 0 Å². The molecule has 24 heavy (non-hydrogen) atoms. The molecule has 1 aliphatic rings. The van der Waals surface area contributed by atoms with E-state index in [9.17, 15) is 4.79 Å². The molecule has 1 amide bonds. The molecule has 1 aromatic heterocycles. The van der Waals surface area contributed by atoms with Gasteiger partial charge in [-0.25, -0.2) is 4.68 Å². The Morgan fingerprint density at radius 3 is 2.67 bits per heavy atom. The molecule has 5 nitrogen and oxygen atoms in total. The molecule has 1 aromatic carbocycles. The summed E-state index contributed by atoms with van der Waals surface area (Å²) >= 11 is 1.82. The van der Waals surface area contributed by atoms with Crippen molar-refractivity contribution >= 4 is 23.5 Å². The fourth-order valence-electron chi connectivity index (χ4n) is 2.60. The Balaban J connectivity index is 1.79. The number of hydrogen-bond acceptors (Lipinski definition) is 4. The van der Waals surface area contributed by atoms with Gasteiger partial charge in [0.15, 0.2) is 6.10 Å². The fourth-order valence-corrected chi connectivity index (χ4v) is 3.64. The second-order valence-corrected chi connectivity index (χ2v) is 7.90. The van der Waals surface area contributed by atoms with Crippen LogP contribution >= 0.6 is 11.8 Å². The van der Waals surface area contributed by atoms with E-state index in [0.29, 0.717) is 5.75 Å². The standard InChI is InChI=1S/C18H23N3O2S/c1-12(23-13-8-6-5-7-9-13)17(22)19-16-14-10-24-11-15(14)20-21(16)18(2,3)4/h5-9,12H,10-11H2,1-4H3,(H,19,22).